The molecule has 0 saturated carbocycles. The Morgan fingerprint density at radius 3 is 2.81 bits per heavy atom. The molecule has 0 N–H and O–H groups in total. The number of aromatic nitrogens is 2. The zero-order chi connectivity index (χ0) is 11.7. The molecule has 1 aromatic carbocycles. The van der Waals surface area contributed by atoms with Gasteiger partial charge >= 0.3 is 0 Å². The molecule has 0 aliphatic carbocycles. The second kappa shape index (κ2) is 4.26. The first-order valence-corrected chi connectivity index (χ1v) is 5.70. The molecule has 0 bridgehead atoms. The van der Waals surface area contributed by atoms with E-state index in [2.05, 4.69) is 18.9 Å². The van der Waals surface area contributed by atoms with Crippen molar-refractivity contribution in [3.05, 3.63) is 30.0 Å². The number of carbonyl (C=O) groups is 1. The molecule has 1 heterocycles. The lowest BCUT2D eigenvalue weighted by Crippen LogP contribution is -2.06. The minimum atomic E-state index is -0.502. The van der Waals surface area contributed by atoms with E-state index in [9.17, 15) is 4.79 Å². The molecule has 0 aliphatic rings. The molecule has 0 aliphatic heterocycles. The predicted molar refractivity (Wildman–Crippen MR) is 64.9 cm³/mol. The molecular formula is C12H13ClN2O. The largest absolute Gasteiger partial charge is 0.274 e. The van der Waals surface area contributed by atoms with Gasteiger partial charge in [-0.15, -0.1) is 0 Å². The summed E-state index contributed by atoms with van der Waals surface area (Å²) >= 11 is 5.53. The van der Waals surface area contributed by atoms with Gasteiger partial charge in [0, 0.05) is 11.4 Å². The normalized spacial score (nSPS) is 12.9. The maximum absolute atomic E-state index is 11.3. The van der Waals surface area contributed by atoms with Crippen LogP contribution in [0.2, 0.25) is 0 Å². The summed E-state index contributed by atoms with van der Waals surface area (Å²) < 4.78 is 1.87. The molecule has 1 aromatic heterocycles. The van der Waals surface area contributed by atoms with Crippen molar-refractivity contribution in [3.8, 4) is 0 Å². The topological polar surface area (TPSA) is 34.9 Å². The van der Waals surface area contributed by atoms with Crippen LogP contribution in [0.1, 0.15) is 36.8 Å². The molecule has 0 saturated heterocycles. The fourth-order valence-electron chi connectivity index (χ4n) is 1.74. The van der Waals surface area contributed by atoms with Gasteiger partial charge in [-0.2, -0.15) is 5.10 Å². The van der Waals surface area contributed by atoms with Crippen LogP contribution in [0.5, 0.6) is 0 Å². The van der Waals surface area contributed by atoms with Gasteiger partial charge in [0.1, 0.15) is 0 Å². The van der Waals surface area contributed by atoms with Gasteiger partial charge in [-0.1, -0.05) is 25.1 Å². The number of carbonyl (C=O) groups excluding carboxylic acids is 1. The molecule has 1 atom stereocenters. The molecular weight excluding hydrogens is 224 g/mol. The number of hydrogen-bond donors (Lipinski definition) is 0. The summed E-state index contributed by atoms with van der Waals surface area (Å²) in [5.41, 5.74) is 1.30. The van der Waals surface area contributed by atoms with E-state index in [1.165, 1.54) is 0 Å². The smallest absolute Gasteiger partial charge is 0.273 e. The Morgan fingerprint density at radius 1 is 1.50 bits per heavy atom. The Morgan fingerprint density at radius 2 is 2.19 bits per heavy atom. The van der Waals surface area contributed by atoms with Crippen molar-refractivity contribution in [1.82, 2.24) is 9.78 Å². The van der Waals surface area contributed by atoms with Crippen molar-refractivity contribution < 1.29 is 4.79 Å². The Balaban J connectivity index is 2.71. The van der Waals surface area contributed by atoms with E-state index in [4.69, 9.17) is 11.6 Å². The number of hydrogen-bond acceptors (Lipinski definition) is 2. The molecule has 2 rings (SSSR count). The van der Waals surface area contributed by atoms with Crippen molar-refractivity contribution in [2.75, 3.05) is 0 Å². The SMILES string of the molecule is CCC(C)n1nc(C(=O)Cl)c2ccccc21. The van der Waals surface area contributed by atoms with Gasteiger partial charge in [-0.05, 0) is 31.0 Å². The van der Waals surface area contributed by atoms with E-state index in [1.807, 2.05) is 28.9 Å². The quantitative estimate of drug-likeness (QED) is 0.766. The zero-order valence-electron chi connectivity index (χ0n) is 9.27. The van der Waals surface area contributed by atoms with Crippen molar-refractivity contribution >= 4 is 27.7 Å². The van der Waals surface area contributed by atoms with Gasteiger partial charge in [-0.3, -0.25) is 9.48 Å². The average Bonchev–Trinajstić information content (AvgIpc) is 2.67. The van der Waals surface area contributed by atoms with Crippen LogP contribution in [-0.2, 0) is 0 Å². The minimum Gasteiger partial charge on any atom is -0.274 e. The number of nitrogens with zero attached hydrogens (tertiary/aromatic N) is 2. The lowest BCUT2D eigenvalue weighted by Gasteiger charge is -2.09. The third-order valence-electron chi connectivity index (χ3n) is 2.81. The third kappa shape index (κ3) is 1.71. The fourth-order valence-corrected chi connectivity index (χ4v) is 1.88. The van der Waals surface area contributed by atoms with Crippen LogP contribution in [0, 0.1) is 0 Å². The molecule has 84 valence electrons. The molecule has 16 heavy (non-hydrogen) atoms. The van der Waals surface area contributed by atoms with Gasteiger partial charge in [0.2, 0.25) is 0 Å². The molecule has 1 unspecified atom stereocenters. The summed E-state index contributed by atoms with van der Waals surface area (Å²) in [6.07, 6.45) is 0.960. The highest BCUT2D eigenvalue weighted by molar-refractivity contribution is 6.68. The van der Waals surface area contributed by atoms with Crippen LogP contribution in [0.3, 0.4) is 0 Å². The molecule has 3 nitrogen and oxygen atoms in total. The van der Waals surface area contributed by atoms with Crippen LogP contribution in [-0.4, -0.2) is 15.0 Å². The molecule has 0 amide bonds. The first-order chi connectivity index (χ1) is 7.65. The lowest BCUT2D eigenvalue weighted by atomic mass is 10.2. The number of fused-ring (bicyclic) bond motifs is 1. The molecule has 4 heteroatoms. The van der Waals surface area contributed by atoms with E-state index in [0.717, 1.165) is 17.3 Å². The minimum absolute atomic E-state index is 0.259. The van der Waals surface area contributed by atoms with Crippen molar-refractivity contribution in [2.24, 2.45) is 0 Å². The van der Waals surface area contributed by atoms with Gasteiger partial charge in [0.25, 0.3) is 5.24 Å². The van der Waals surface area contributed by atoms with Crippen LogP contribution >= 0.6 is 11.6 Å². The highest BCUT2D eigenvalue weighted by Crippen LogP contribution is 2.23. The first kappa shape index (κ1) is 11.1. The second-order valence-electron chi connectivity index (χ2n) is 3.84. The third-order valence-corrected chi connectivity index (χ3v) is 2.99. The predicted octanol–water partition coefficient (Wildman–Crippen LogP) is 3.39. The Bertz CT molecular complexity index is 533. The Kier molecular flexibility index (Phi) is 2.97. The standard InChI is InChI=1S/C12H13ClN2O/c1-3-8(2)15-10-7-5-4-6-9(10)11(14-15)12(13)16/h4-8H,3H2,1-2H3. The van der Waals surface area contributed by atoms with Gasteiger partial charge < -0.3 is 0 Å². The lowest BCUT2D eigenvalue weighted by molar-refractivity contribution is 0.107. The summed E-state index contributed by atoms with van der Waals surface area (Å²) in [6, 6.07) is 7.91. The number of para-hydroxylation sites is 1. The summed E-state index contributed by atoms with van der Waals surface area (Å²) in [7, 11) is 0. The van der Waals surface area contributed by atoms with E-state index in [0.29, 0.717) is 5.69 Å². The van der Waals surface area contributed by atoms with Crippen molar-refractivity contribution in [3.63, 3.8) is 0 Å². The number of halogens is 1. The van der Waals surface area contributed by atoms with E-state index in [1.54, 1.807) is 0 Å². The van der Waals surface area contributed by atoms with Crippen LogP contribution in [0.15, 0.2) is 24.3 Å². The highest BCUT2D eigenvalue weighted by atomic mass is 35.5. The van der Waals surface area contributed by atoms with Gasteiger partial charge in [0.15, 0.2) is 5.69 Å². The van der Waals surface area contributed by atoms with E-state index in [-0.39, 0.29) is 6.04 Å². The molecule has 0 spiro atoms. The highest BCUT2D eigenvalue weighted by Gasteiger charge is 2.16. The maximum Gasteiger partial charge on any atom is 0.273 e. The summed E-state index contributed by atoms with van der Waals surface area (Å²) in [6.45, 7) is 4.16. The van der Waals surface area contributed by atoms with E-state index >= 15 is 0 Å². The summed E-state index contributed by atoms with van der Waals surface area (Å²) in [4.78, 5) is 11.3. The second-order valence-corrected chi connectivity index (χ2v) is 4.18. The van der Waals surface area contributed by atoms with Crippen LogP contribution < -0.4 is 0 Å². The molecule has 0 fully saturated rings. The van der Waals surface area contributed by atoms with Crippen molar-refractivity contribution in [2.45, 2.75) is 26.3 Å². The Labute approximate surface area is 99.0 Å². The van der Waals surface area contributed by atoms with Crippen LogP contribution in [0.4, 0.5) is 0 Å². The summed E-state index contributed by atoms with van der Waals surface area (Å²) in [5.74, 6) is 0. The zero-order valence-corrected chi connectivity index (χ0v) is 10.0. The van der Waals surface area contributed by atoms with E-state index < -0.39 is 5.24 Å². The number of benzene rings is 1. The maximum atomic E-state index is 11.3. The summed E-state index contributed by atoms with van der Waals surface area (Å²) in [5, 5.41) is 4.62. The van der Waals surface area contributed by atoms with Crippen LogP contribution in [0.25, 0.3) is 10.9 Å². The number of rotatable bonds is 3. The van der Waals surface area contributed by atoms with Crippen molar-refractivity contribution in [1.29, 1.82) is 0 Å². The fraction of sp³-hybridized carbons (Fsp3) is 0.333. The monoisotopic (exact) mass is 236 g/mol. The average molecular weight is 237 g/mol. The molecule has 2 aromatic rings. The Hall–Kier alpha value is -1.35. The van der Waals surface area contributed by atoms with Gasteiger partial charge in [-0.25, -0.2) is 0 Å². The van der Waals surface area contributed by atoms with Gasteiger partial charge in [0.05, 0.1) is 5.52 Å². The first-order valence-electron chi connectivity index (χ1n) is 5.32. The molecule has 0 radical (unpaired) electrons.